The van der Waals surface area contributed by atoms with Gasteiger partial charge in [-0.1, -0.05) is 32.9 Å². The van der Waals surface area contributed by atoms with Crippen LogP contribution in [0.5, 0.6) is 0 Å². The molecule has 4 atom stereocenters. The highest BCUT2D eigenvalue weighted by Crippen LogP contribution is 2.39. The standard InChI is InChI=1S/C14H20FNOS/c1-4-8-16-13-9(2)10(3)18(17)14-11(13)6-5-7-12(14)15/h5-7,9-10,13,16H,4,8H2,1-3H3. The first-order chi connectivity index (χ1) is 8.57. The Labute approximate surface area is 110 Å². The second kappa shape index (κ2) is 5.49. The molecule has 1 aliphatic heterocycles. The van der Waals surface area contributed by atoms with Gasteiger partial charge in [-0.05, 0) is 30.5 Å². The third-order valence-electron chi connectivity index (χ3n) is 3.75. The van der Waals surface area contributed by atoms with Crippen LogP contribution in [0, 0.1) is 11.7 Å². The molecule has 1 aliphatic rings. The fourth-order valence-electron chi connectivity index (χ4n) is 2.51. The molecule has 4 unspecified atom stereocenters. The van der Waals surface area contributed by atoms with Crippen molar-refractivity contribution in [2.45, 2.75) is 43.4 Å². The highest BCUT2D eigenvalue weighted by molar-refractivity contribution is 7.85. The number of rotatable bonds is 3. The molecule has 0 amide bonds. The Morgan fingerprint density at radius 1 is 1.39 bits per heavy atom. The predicted molar refractivity (Wildman–Crippen MR) is 72.5 cm³/mol. The first-order valence-electron chi connectivity index (χ1n) is 6.50. The van der Waals surface area contributed by atoms with Gasteiger partial charge in [0.25, 0.3) is 0 Å². The number of hydrogen-bond donors (Lipinski definition) is 1. The lowest BCUT2D eigenvalue weighted by Crippen LogP contribution is -2.39. The monoisotopic (exact) mass is 269 g/mol. The maximum absolute atomic E-state index is 13.9. The molecule has 0 aliphatic carbocycles. The number of fused-ring (bicyclic) bond motifs is 1. The van der Waals surface area contributed by atoms with Gasteiger partial charge in [-0.3, -0.25) is 4.21 Å². The minimum Gasteiger partial charge on any atom is -0.310 e. The van der Waals surface area contributed by atoms with Crippen LogP contribution in [0.3, 0.4) is 0 Å². The number of benzene rings is 1. The van der Waals surface area contributed by atoms with E-state index in [0.29, 0.717) is 4.90 Å². The van der Waals surface area contributed by atoms with E-state index in [-0.39, 0.29) is 23.0 Å². The normalized spacial score (nSPS) is 31.1. The van der Waals surface area contributed by atoms with Crippen molar-refractivity contribution in [1.29, 1.82) is 0 Å². The van der Waals surface area contributed by atoms with E-state index in [1.54, 1.807) is 6.07 Å². The third-order valence-corrected chi connectivity index (χ3v) is 5.69. The molecule has 1 heterocycles. The fourth-order valence-corrected chi connectivity index (χ4v) is 4.12. The number of halogens is 1. The highest BCUT2D eigenvalue weighted by atomic mass is 32.2. The van der Waals surface area contributed by atoms with Gasteiger partial charge in [-0.15, -0.1) is 0 Å². The van der Waals surface area contributed by atoms with Gasteiger partial charge < -0.3 is 5.32 Å². The SMILES string of the molecule is CCCNC1c2cccc(F)c2S(=O)C(C)C1C. The molecule has 0 saturated carbocycles. The average molecular weight is 269 g/mol. The van der Waals surface area contributed by atoms with Crippen molar-refractivity contribution < 1.29 is 8.60 Å². The molecule has 0 fully saturated rings. The predicted octanol–water partition coefficient (Wildman–Crippen LogP) is 3.01. The summed E-state index contributed by atoms with van der Waals surface area (Å²) in [6.45, 7) is 7.03. The van der Waals surface area contributed by atoms with Crippen molar-refractivity contribution in [3.05, 3.63) is 29.6 Å². The van der Waals surface area contributed by atoms with Gasteiger partial charge in [-0.25, -0.2) is 4.39 Å². The molecule has 0 bridgehead atoms. The lowest BCUT2D eigenvalue weighted by molar-refractivity contribution is 0.362. The van der Waals surface area contributed by atoms with Gasteiger partial charge in [0.1, 0.15) is 5.82 Å². The lowest BCUT2D eigenvalue weighted by Gasteiger charge is -2.36. The van der Waals surface area contributed by atoms with Gasteiger partial charge in [0.2, 0.25) is 0 Å². The second-order valence-electron chi connectivity index (χ2n) is 4.95. The molecule has 1 N–H and O–H groups in total. The Balaban J connectivity index is 2.46. The molecule has 0 saturated heterocycles. The second-order valence-corrected chi connectivity index (χ2v) is 6.70. The molecule has 2 rings (SSSR count). The van der Waals surface area contributed by atoms with Crippen LogP contribution in [0.25, 0.3) is 0 Å². The van der Waals surface area contributed by atoms with Crippen LogP contribution in [0.1, 0.15) is 38.8 Å². The van der Waals surface area contributed by atoms with Crippen LogP contribution in [0.2, 0.25) is 0 Å². The number of hydrogen-bond acceptors (Lipinski definition) is 2. The van der Waals surface area contributed by atoms with Crippen molar-refractivity contribution >= 4 is 10.8 Å². The van der Waals surface area contributed by atoms with E-state index in [1.807, 2.05) is 13.0 Å². The molecule has 0 spiro atoms. The van der Waals surface area contributed by atoms with Gasteiger partial charge in [-0.2, -0.15) is 0 Å². The van der Waals surface area contributed by atoms with Crippen LogP contribution in [0.15, 0.2) is 23.1 Å². The summed E-state index contributed by atoms with van der Waals surface area (Å²) < 4.78 is 26.2. The highest BCUT2D eigenvalue weighted by Gasteiger charge is 2.37. The third kappa shape index (κ3) is 2.24. The maximum atomic E-state index is 13.9. The zero-order valence-corrected chi connectivity index (χ0v) is 11.9. The summed E-state index contributed by atoms with van der Waals surface area (Å²) in [6, 6.07) is 5.10. The van der Waals surface area contributed by atoms with Crippen LogP contribution < -0.4 is 5.32 Å². The van der Waals surface area contributed by atoms with E-state index >= 15 is 0 Å². The van der Waals surface area contributed by atoms with E-state index in [9.17, 15) is 8.60 Å². The zero-order chi connectivity index (χ0) is 13.3. The minimum atomic E-state index is -1.24. The van der Waals surface area contributed by atoms with Gasteiger partial charge >= 0.3 is 0 Å². The average Bonchev–Trinajstić information content (AvgIpc) is 2.36. The molecule has 4 heteroatoms. The van der Waals surface area contributed by atoms with Gasteiger partial charge in [0, 0.05) is 11.3 Å². The van der Waals surface area contributed by atoms with E-state index < -0.39 is 10.8 Å². The van der Waals surface area contributed by atoms with Gasteiger partial charge in [0.05, 0.1) is 15.7 Å². The summed E-state index contributed by atoms with van der Waals surface area (Å²) in [5, 5.41) is 3.43. The Bertz CT molecular complexity index is 463. The summed E-state index contributed by atoms with van der Waals surface area (Å²) in [4.78, 5) is 0.400. The summed E-state index contributed by atoms with van der Waals surface area (Å²) in [6.07, 6.45) is 1.03. The summed E-state index contributed by atoms with van der Waals surface area (Å²) in [7, 11) is -1.24. The van der Waals surface area contributed by atoms with Gasteiger partial charge in [0.15, 0.2) is 0 Å². The Kier molecular flexibility index (Phi) is 4.17. The van der Waals surface area contributed by atoms with E-state index in [2.05, 4.69) is 19.2 Å². The van der Waals surface area contributed by atoms with Crippen molar-refractivity contribution in [2.75, 3.05) is 6.54 Å². The fraction of sp³-hybridized carbons (Fsp3) is 0.571. The molecule has 100 valence electrons. The van der Waals surface area contributed by atoms with Crippen LogP contribution in [-0.4, -0.2) is 16.0 Å². The van der Waals surface area contributed by atoms with Crippen LogP contribution >= 0.6 is 0 Å². The summed E-state index contributed by atoms with van der Waals surface area (Å²) in [5.41, 5.74) is 0.868. The van der Waals surface area contributed by atoms with E-state index in [0.717, 1.165) is 18.5 Å². The van der Waals surface area contributed by atoms with Crippen molar-refractivity contribution in [3.63, 3.8) is 0 Å². The zero-order valence-electron chi connectivity index (χ0n) is 11.1. The topological polar surface area (TPSA) is 29.1 Å². The Morgan fingerprint density at radius 3 is 2.78 bits per heavy atom. The molecular formula is C14H20FNOS. The number of nitrogens with one attached hydrogen (secondary N) is 1. The Hall–Kier alpha value is -0.740. The Morgan fingerprint density at radius 2 is 2.11 bits per heavy atom. The molecule has 18 heavy (non-hydrogen) atoms. The van der Waals surface area contributed by atoms with E-state index in [4.69, 9.17) is 0 Å². The quantitative estimate of drug-likeness (QED) is 0.914. The lowest BCUT2D eigenvalue weighted by atomic mass is 9.91. The summed E-state index contributed by atoms with van der Waals surface area (Å²) in [5.74, 6) is -0.0976. The first-order valence-corrected chi connectivity index (χ1v) is 7.71. The van der Waals surface area contributed by atoms with Crippen molar-refractivity contribution in [3.8, 4) is 0 Å². The molecule has 1 aromatic carbocycles. The minimum absolute atomic E-state index is 0.0243. The largest absolute Gasteiger partial charge is 0.310 e. The first kappa shape index (κ1) is 13.7. The molecule has 2 nitrogen and oxygen atoms in total. The van der Waals surface area contributed by atoms with Crippen LogP contribution in [-0.2, 0) is 10.8 Å². The van der Waals surface area contributed by atoms with Crippen molar-refractivity contribution in [1.82, 2.24) is 5.32 Å². The maximum Gasteiger partial charge on any atom is 0.139 e. The molecule has 1 aromatic rings. The molecular weight excluding hydrogens is 249 g/mol. The van der Waals surface area contributed by atoms with Crippen molar-refractivity contribution in [2.24, 2.45) is 5.92 Å². The molecule has 0 aromatic heterocycles. The van der Waals surface area contributed by atoms with E-state index in [1.165, 1.54) is 6.07 Å². The molecule has 0 radical (unpaired) electrons. The van der Waals surface area contributed by atoms with Crippen LogP contribution in [0.4, 0.5) is 4.39 Å². The summed E-state index contributed by atoms with van der Waals surface area (Å²) >= 11 is 0. The smallest absolute Gasteiger partial charge is 0.139 e.